The van der Waals surface area contributed by atoms with Crippen molar-refractivity contribution < 1.29 is 19.1 Å². The van der Waals surface area contributed by atoms with Crippen molar-refractivity contribution >= 4 is 29.6 Å². The van der Waals surface area contributed by atoms with Gasteiger partial charge >= 0.3 is 18.0 Å². The number of halogens is 1. The fourth-order valence-electron chi connectivity index (χ4n) is 4.59. The molecule has 2 heterocycles. The lowest BCUT2D eigenvalue weighted by molar-refractivity contribution is -0.139. The van der Waals surface area contributed by atoms with Crippen molar-refractivity contribution in [3.63, 3.8) is 0 Å². The summed E-state index contributed by atoms with van der Waals surface area (Å²) in [6, 6.07) is 6.12. The second kappa shape index (κ2) is 12.3. The highest BCUT2D eigenvalue weighted by Crippen LogP contribution is 2.33. The SMILES string of the molecule is CCCNC(=O)N1CCN(CC2=C(C(=O)OCC)[C@@H](c3ccc(Cl)cc3)NC(=O)N2CC)C[C@@H]1C. The summed E-state index contributed by atoms with van der Waals surface area (Å²) < 4.78 is 5.43. The molecule has 2 atom stereocenters. The minimum atomic E-state index is -0.643. The largest absolute Gasteiger partial charge is 0.463 e. The van der Waals surface area contributed by atoms with Crippen LogP contribution in [-0.2, 0) is 9.53 Å². The van der Waals surface area contributed by atoms with Crippen molar-refractivity contribution in [1.29, 1.82) is 0 Å². The zero-order chi connectivity index (χ0) is 25.5. The van der Waals surface area contributed by atoms with Gasteiger partial charge in [0.25, 0.3) is 0 Å². The Morgan fingerprint density at radius 2 is 1.89 bits per heavy atom. The molecule has 35 heavy (non-hydrogen) atoms. The van der Waals surface area contributed by atoms with E-state index in [9.17, 15) is 14.4 Å². The maximum Gasteiger partial charge on any atom is 0.338 e. The van der Waals surface area contributed by atoms with Crippen LogP contribution in [0.4, 0.5) is 9.59 Å². The van der Waals surface area contributed by atoms with Crippen LogP contribution in [0.25, 0.3) is 0 Å². The Bertz CT molecular complexity index is 952. The Labute approximate surface area is 212 Å². The molecule has 1 aromatic carbocycles. The van der Waals surface area contributed by atoms with Gasteiger partial charge in [-0.1, -0.05) is 30.7 Å². The first-order valence-electron chi connectivity index (χ1n) is 12.3. The number of nitrogens with one attached hydrogen (secondary N) is 2. The van der Waals surface area contributed by atoms with E-state index in [0.29, 0.717) is 55.6 Å². The van der Waals surface area contributed by atoms with Crippen molar-refractivity contribution in [2.24, 2.45) is 0 Å². The Morgan fingerprint density at radius 1 is 1.17 bits per heavy atom. The number of hydrogen-bond acceptors (Lipinski definition) is 5. The molecule has 2 N–H and O–H groups in total. The standard InChI is InChI=1S/C25H36ClN5O4/c1-5-12-27-24(33)31-14-13-29(15-17(31)4)16-20-21(23(32)35-7-3)22(28-25(34)30(20)6-2)18-8-10-19(26)11-9-18/h8-11,17,22H,5-7,12-16H2,1-4H3,(H,27,33)(H,28,34)/t17-,22+/m0/s1. The highest BCUT2D eigenvalue weighted by atomic mass is 35.5. The Morgan fingerprint density at radius 3 is 2.49 bits per heavy atom. The molecular formula is C25H36ClN5O4. The summed E-state index contributed by atoms with van der Waals surface area (Å²) in [5.74, 6) is -0.452. The number of hydrogen-bond donors (Lipinski definition) is 2. The lowest BCUT2D eigenvalue weighted by atomic mass is 9.94. The molecule has 1 fully saturated rings. The molecule has 0 saturated carbocycles. The molecule has 0 spiro atoms. The number of benzene rings is 1. The normalized spacial score (nSPS) is 21.1. The Hall–Kier alpha value is -2.78. The molecular weight excluding hydrogens is 470 g/mol. The number of carbonyl (C=O) groups is 3. The van der Waals surface area contributed by atoms with Gasteiger partial charge in [-0.25, -0.2) is 14.4 Å². The summed E-state index contributed by atoms with van der Waals surface area (Å²) in [6.07, 6.45) is 0.884. The van der Waals surface area contributed by atoms with Gasteiger partial charge in [-0.15, -0.1) is 0 Å². The van der Waals surface area contributed by atoms with Crippen LogP contribution in [0, 0.1) is 0 Å². The maximum absolute atomic E-state index is 13.2. The first-order chi connectivity index (χ1) is 16.8. The molecule has 0 aliphatic carbocycles. The number of likely N-dealkylation sites (N-methyl/N-ethyl adjacent to an activating group) is 1. The zero-order valence-electron chi connectivity index (χ0n) is 21.0. The lowest BCUT2D eigenvalue weighted by Crippen LogP contribution is -2.58. The van der Waals surface area contributed by atoms with E-state index in [1.165, 1.54) is 0 Å². The lowest BCUT2D eigenvalue weighted by Gasteiger charge is -2.42. The van der Waals surface area contributed by atoms with Gasteiger partial charge in [0, 0.05) is 56.0 Å². The van der Waals surface area contributed by atoms with Crippen molar-refractivity contribution in [1.82, 2.24) is 25.3 Å². The number of urea groups is 2. The summed E-state index contributed by atoms with van der Waals surface area (Å²) >= 11 is 6.07. The molecule has 9 nitrogen and oxygen atoms in total. The van der Waals surface area contributed by atoms with E-state index < -0.39 is 12.0 Å². The predicted molar refractivity (Wildman–Crippen MR) is 135 cm³/mol. The number of nitrogens with zero attached hydrogens (tertiary/aromatic N) is 3. The molecule has 1 aromatic rings. The first kappa shape index (κ1) is 26.8. The van der Waals surface area contributed by atoms with Gasteiger partial charge in [-0.2, -0.15) is 0 Å². The molecule has 4 amide bonds. The van der Waals surface area contributed by atoms with E-state index in [4.69, 9.17) is 16.3 Å². The van der Waals surface area contributed by atoms with Crippen LogP contribution in [0.5, 0.6) is 0 Å². The van der Waals surface area contributed by atoms with Crippen LogP contribution in [0.2, 0.25) is 5.02 Å². The zero-order valence-corrected chi connectivity index (χ0v) is 21.7. The minimum absolute atomic E-state index is 0.00759. The quantitative estimate of drug-likeness (QED) is 0.528. The fraction of sp³-hybridized carbons (Fsp3) is 0.560. The van der Waals surface area contributed by atoms with Crippen LogP contribution < -0.4 is 10.6 Å². The maximum atomic E-state index is 13.2. The number of piperazine rings is 1. The topological polar surface area (TPSA) is 94.2 Å². The van der Waals surface area contributed by atoms with E-state index >= 15 is 0 Å². The minimum Gasteiger partial charge on any atom is -0.463 e. The summed E-state index contributed by atoms with van der Waals surface area (Å²) in [4.78, 5) is 44.4. The summed E-state index contributed by atoms with van der Waals surface area (Å²) in [6.45, 7) is 11.2. The van der Waals surface area contributed by atoms with Crippen molar-refractivity contribution in [2.45, 2.75) is 46.2 Å². The van der Waals surface area contributed by atoms with Gasteiger partial charge in [0.1, 0.15) is 0 Å². The van der Waals surface area contributed by atoms with Crippen LogP contribution >= 0.6 is 11.6 Å². The summed E-state index contributed by atoms with van der Waals surface area (Å²) in [5.41, 5.74) is 1.81. The van der Waals surface area contributed by atoms with Gasteiger partial charge in [0.15, 0.2) is 0 Å². The van der Waals surface area contributed by atoms with E-state index in [1.807, 2.05) is 37.8 Å². The molecule has 10 heteroatoms. The van der Waals surface area contributed by atoms with E-state index in [1.54, 1.807) is 24.0 Å². The monoisotopic (exact) mass is 505 g/mol. The smallest absolute Gasteiger partial charge is 0.338 e. The van der Waals surface area contributed by atoms with Crippen LogP contribution in [0.1, 0.15) is 45.7 Å². The van der Waals surface area contributed by atoms with Crippen molar-refractivity contribution in [3.8, 4) is 0 Å². The third-order valence-corrected chi connectivity index (χ3v) is 6.58. The highest BCUT2D eigenvalue weighted by molar-refractivity contribution is 6.30. The van der Waals surface area contributed by atoms with E-state index in [-0.39, 0.29) is 24.7 Å². The second-order valence-corrected chi connectivity index (χ2v) is 9.21. The number of amides is 4. The fourth-order valence-corrected chi connectivity index (χ4v) is 4.71. The first-order valence-corrected chi connectivity index (χ1v) is 12.7. The number of carbonyl (C=O) groups excluding carboxylic acids is 3. The van der Waals surface area contributed by atoms with Gasteiger partial charge in [0.2, 0.25) is 0 Å². The summed E-state index contributed by atoms with van der Waals surface area (Å²) in [7, 11) is 0. The van der Waals surface area contributed by atoms with Crippen molar-refractivity contribution in [3.05, 3.63) is 46.1 Å². The number of esters is 1. The van der Waals surface area contributed by atoms with Gasteiger partial charge < -0.3 is 20.3 Å². The van der Waals surface area contributed by atoms with E-state index in [0.717, 1.165) is 12.0 Å². The van der Waals surface area contributed by atoms with Crippen LogP contribution in [0.3, 0.4) is 0 Å². The highest BCUT2D eigenvalue weighted by Gasteiger charge is 2.39. The molecule has 0 aromatic heterocycles. The van der Waals surface area contributed by atoms with Crippen LogP contribution in [0.15, 0.2) is 35.5 Å². The third kappa shape index (κ3) is 6.27. The summed E-state index contributed by atoms with van der Waals surface area (Å²) in [5, 5.41) is 6.48. The molecule has 0 bridgehead atoms. The molecule has 0 radical (unpaired) electrons. The third-order valence-electron chi connectivity index (χ3n) is 6.33. The van der Waals surface area contributed by atoms with Crippen LogP contribution in [-0.4, -0.2) is 84.6 Å². The molecule has 1 saturated heterocycles. The molecule has 3 rings (SSSR count). The van der Waals surface area contributed by atoms with Crippen molar-refractivity contribution in [2.75, 3.05) is 45.9 Å². The second-order valence-electron chi connectivity index (χ2n) is 8.77. The van der Waals surface area contributed by atoms with Gasteiger partial charge in [0.05, 0.1) is 18.2 Å². The average Bonchev–Trinajstić information content (AvgIpc) is 2.83. The average molecular weight is 506 g/mol. The molecule has 2 aliphatic rings. The molecule has 2 aliphatic heterocycles. The Balaban J connectivity index is 1.92. The molecule has 0 unspecified atom stereocenters. The van der Waals surface area contributed by atoms with E-state index in [2.05, 4.69) is 15.5 Å². The predicted octanol–water partition coefficient (Wildman–Crippen LogP) is 3.37. The Kier molecular flexibility index (Phi) is 9.40. The van der Waals surface area contributed by atoms with Gasteiger partial charge in [-0.3, -0.25) is 9.80 Å². The number of rotatable bonds is 8. The van der Waals surface area contributed by atoms with Gasteiger partial charge in [-0.05, 0) is 44.9 Å². The number of ether oxygens (including phenoxy) is 1. The molecule has 192 valence electrons.